The van der Waals surface area contributed by atoms with Gasteiger partial charge >= 0.3 is 0 Å². The van der Waals surface area contributed by atoms with Crippen LogP contribution in [0.1, 0.15) is 0 Å². The molecule has 5 heteroatoms. The first-order valence-electron chi connectivity index (χ1n) is 6.89. The van der Waals surface area contributed by atoms with Crippen molar-refractivity contribution in [2.45, 2.75) is 0 Å². The van der Waals surface area contributed by atoms with E-state index in [9.17, 15) is 0 Å². The van der Waals surface area contributed by atoms with Gasteiger partial charge in [-0.15, -0.1) is 0 Å². The summed E-state index contributed by atoms with van der Waals surface area (Å²) in [5, 5.41) is 23.2. The maximum absolute atomic E-state index is 8.63. The van der Waals surface area contributed by atoms with E-state index < -0.39 is 0 Å². The smallest absolute Gasteiger partial charge is 0.237 e. The van der Waals surface area contributed by atoms with E-state index in [2.05, 4.69) is 21.6 Å². The summed E-state index contributed by atoms with van der Waals surface area (Å²) < 4.78 is 0. The highest BCUT2D eigenvalue weighted by atomic mass is 15.3. The second-order valence-electron chi connectivity index (χ2n) is 4.79. The standard InChI is InChI=1S/C18H11N5/c19-10-17(11-20)23-22-16-7-5-13(6-8-16)18-9-14-3-1-2-4-15(14)12-21-18/h1-9,12,22H. The Bertz CT molecular complexity index is 943. The van der Waals surface area contributed by atoms with Crippen molar-refractivity contribution in [2.75, 3.05) is 5.43 Å². The molecule has 23 heavy (non-hydrogen) atoms. The zero-order valence-electron chi connectivity index (χ0n) is 12.1. The SMILES string of the molecule is N#CC(C#N)=NNc1ccc(-c2cc3ccccc3cn2)cc1. The molecule has 1 aromatic heterocycles. The van der Waals surface area contributed by atoms with Crippen molar-refractivity contribution in [3.63, 3.8) is 0 Å². The van der Waals surface area contributed by atoms with Crippen molar-refractivity contribution < 1.29 is 0 Å². The van der Waals surface area contributed by atoms with E-state index in [4.69, 9.17) is 10.5 Å². The van der Waals surface area contributed by atoms with Crippen molar-refractivity contribution in [1.82, 2.24) is 4.98 Å². The summed E-state index contributed by atoms with van der Waals surface area (Å²) in [5.41, 5.74) is 5.01. The summed E-state index contributed by atoms with van der Waals surface area (Å²) in [6.07, 6.45) is 1.85. The number of nitrogens with one attached hydrogen (secondary N) is 1. The Kier molecular flexibility index (Phi) is 3.95. The molecule has 108 valence electrons. The molecule has 0 aliphatic rings. The van der Waals surface area contributed by atoms with Crippen LogP contribution in [0.4, 0.5) is 5.69 Å². The second kappa shape index (κ2) is 6.38. The summed E-state index contributed by atoms with van der Waals surface area (Å²) in [7, 11) is 0. The number of rotatable bonds is 3. The van der Waals surface area contributed by atoms with E-state index in [0.29, 0.717) is 5.69 Å². The van der Waals surface area contributed by atoms with Gasteiger partial charge in [-0.05, 0) is 23.6 Å². The van der Waals surface area contributed by atoms with Crippen LogP contribution in [0, 0.1) is 22.7 Å². The van der Waals surface area contributed by atoms with E-state index in [0.717, 1.165) is 22.0 Å². The molecule has 5 nitrogen and oxygen atoms in total. The van der Waals surface area contributed by atoms with E-state index in [1.165, 1.54) is 0 Å². The van der Waals surface area contributed by atoms with Gasteiger partial charge in [0.25, 0.3) is 0 Å². The molecule has 0 aliphatic heterocycles. The third-order valence-electron chi connectivity index (χ3n) is 3.32. The van der Waals surface area contributed by atoms with Crippen LogP contribution in [-0.4, -0.2) is 10.7 Å². The van der Waals surface area contributed by atoms with Crippen LogP contribution >= 0.6 is 0 Å². The molecular formula is C18H11N5. The van der Waals surface area contributed by atoms with Crippen molar-refractivity contribution >= 4 is 22.2 Å². The fourth-order valence-corrected chi connectivity index (χ4v) is 2.15. The quantitative estimate of drug-likeness (QED) is 0.589. The average Bonchev–Trinajstić information content (AvgIpc) is 2.63. The van der Waals surface area contributed by atoms with Crippen LogP contribution in [-0.2, 0) is 0 Å². The number of hydrazone groups is 1. The highest BCUT2D eigenvalue weighted by Crippen LogP contribution is 2.23. The number of anilines is 1. The number of hydrogen-bond donors (Lipinski definition) is 1. The summed E-state index contributed by atoms with van der Waals surface area (Å²) in [6, 6.07) is 21.0. The molecule has 1 N–H and O–H groups in total. The first-order chi connectivity index (χ1) is 11.3. The van der Waals surface area contributed by atoms with Crippen molar-refractivity contribution in [3.8, 4) is 23.4 Å². The summed E-state index contributed by atoms with van der Waals surface area (Å²) in [5.74, 6) is 0. The lowest BCUT2D eigenvalue weighted by Crippen LogP contribution is -1.96. The van der Waals surface area contributed by atoms with Crippen LogP contribution in [0.5, 0.6) is 0 Å². The van der Waals surface area contributed by atoms with Crippen molar-refractivity contribution in [1.29, 1.82) is 10.5 Å². The highest BCUT2D eigenvalue weighted by Gasteiger charge is 2.02. The van der Waals surface area contributed by atoms with Gasteiger partial charge in [-0.2, -0.15) is 15.6 Å². The Morgan fingerprint density at radius 3 is 2.35 bits per heavy atom. The molecule has 0 atom stereocenters. The van der Waals surface area contributed by atoms with Crippen LogP contribution < -0.4 is 5.43 Å². The second-order valence-corrected chi connectivity index (χ2v) is 4.79. The van der Waals surface area contributed by atoms with Gasteiger partial charge in [-0.3, -0.25) is 10.4 Å². The molecule has 0 radical (unpaired) electrons. The summed E-state index contributed by atoms with van der Waals surface area (Å²) >= 11 is 0. The Labute approximate surface area is 133 Å². The molecule has 0 amide bonds. The van der Waals surface area contributed by atoms with Crippen LogP contribution in [0.2, 0.25) is 0 Å². The van der Waals surface area contributed by atoms with Gasteiger partial charge in [-0.25, -0.2) is 0 Å². The molecule has 0 saturated carbocycles. The van der Waals surface area contributed by atoms with Crippen LogP contribution in [0.15, 0.2) is 65.9 Å². The van der Waals surface area contributed by atoms with Gasteiger partial charge in [0.05, 0.1) is 11.4 Å². The lowest BCUT2D eigenvalue weighted by molar-refractivity contribution is 1.33. The molecule has 3 aromatic rings. The molecule has 3 rings (SSSR count). The monoisotopic (exact) mass is 297 g/mol. The Hall–Kier alpha value is -3.70. The average molecular weight is 297 g/mol. The number of benzene rings is 2. The van der Waals surface area contributed by atoms with Gasteiger partial charge in [0, 0.05) is 17.1 Å². The molecule has 0 spiro atoms. The number of fused-ring (bicyclic) bond motifs is 1. The summed E-state index contributed by atoms with van der Waals surface area (Å²) in [6.45, 7) is 0. The van der Waals surface area contributed by atoms with E-state index in [-0.39, 0.29) is 5.71 Å². The third kappa shape index (κ3) is 3.15. The van der Waals surface area contributed by atoms with Gasteiger partial charge in [-0.1, -0.05) is 36.4 Å². The number of nitrogens with zero attached hydrogens (tertiary/aromatic N) is 4. The van der Waals surface area contributed by atoms with Gasteiger partial charge in [0.1, 0.15) is 12.1 Å². The van der Waals surface area contributed by atoms with E-state index >= 15 is 0 Å². The predicted molar refractivity (Wildman–Crippen MR) is 89.5 cm³/mol. The fourth-order valence-electron chi connectivity index (χ4n) is 2.15. The zero-order chi connectivity index (χ0) is 16.1. The maximum Gasteiger partial charge on any atom is 0.237 e. The topological polar surface area (TPSA) is 84.9 Å². The Morgan fingerprint density at radius 2 is 1.65 bits per heavy atom. The lowest BCUT2D eigenvalue weighted by atomic mass is 10.1. The largest absolute Gasteiger partial charge is 0.277 e. The molecular weight excluding hydrogens is 286 g/mol. The van der Waals surface area contributed by atoms with E-state index in [1.807, 2.05) is 54.7 Å². The first-order valence-corrected chi connectivity index (χ1v) is 6.89. The van der Waals surface area contributed by atoms with Gasteiger partial charge < -0.3 is 0 Å². The van der Waals surface area contributed by atoms with Crippen molar-refractivity contribution in [3.05, 3.63) is 60.8 Å². The lowest BCUT2D eigenvalue weighted by Gasteiger charge is -2.05. The minimum absolute atomic E-state index is 0.217. The number of nitriles is 2. The minimum atomic E-state index is -0.217. The third-order valence-corrected chi connectivity index (χ3v) is 3.32. The van der Waals surface area contributed by atoms with Gasteiger partial charge in [0.15, 0.2) is 0 Å². The molecule has 0 saturated heterocycles. The number of pyridine rings is 1. The van der Waals surface area contributed by atoms with E-state index in [1.54, 1.807) is 12.1 Å². The number of hydrogen-bond acceptors (Lipinski definition) is 5. The zero-order valence-corrected chi connectivity index (χ0v) is 12.1. The van der Waals surface area contributed by atoms with Gasteiger partial charge in [0.2, 0.25) is 5.71 Å². The fraction of sp³-hybridized carbons (Fsp3) is 0. The maximum atomic E-state index is 8.63. The van der Waals surface area contributed by atoms with Crippen LogP contribution in [0.25, 0.3) is 22.0 Å². The molecule has 0 unspecified atom stereocenters. The van der Waals surface area contributed by atoms with Crippen molar-refractivity contribution in [2.24, 2.45) is 5.10 Å². The Balaban J connectivity index is 1.85. The normalized spacial score (nSPS) is 9.65. The highest BCUT2D eigenvalue weighted by molar-refractivity contribution is 6.10. The minimum Gasteiger partial charge on any atom is -0.277 e. The molecule has 2 aromatic carbocycles. The summed E-state index contributed by atoms with van der Waals surface area (Å²) in [4.78, 5) is 4.47. The molecule has 0 fully saturated rings. The molecule has 0 aliphatic carbocycles. The number of aromatic nitrogens is 1. The predicted octanol–water partition coefficient (Wildman–Crippen LogP) is 3.72. The van der Waals surface area contributed by atoms with Crippen LogP contribution in [0.3, 0.4) is 0 Å². The first kappa shape index (κ1) is 14.2. The molecule has 1 heterocycles. The Morgan fingerprint density at radius 1 is 0.957 bits per heavy atom. The molecule has 0 bridgehead atoms.